The molecule has 2 aliphatic heterocycles. The minimum atomic E-state index is -3.28. The second-order valence-corrected chi connectivity index (χ2v) is 9.98. The molecule has 7 nitrogen and oxygen atoms in total. The summed E-state index contributed by atoms with van der Waals surface area (Å²) in [4.78, 5) is 12.4. The molecule has 144 valence electrons. The van der Waals surface area contributed by atoms with E-state index in [9.17, 15) is 13.2 Å². The summed E-state index contributed by atoms with van der Waals surface area (Å²) in [5.74, 6) is 1.42. The topological polar surface area (TPSA) is 92.5 Å². The Bertz CT molecular complexity index is 763. The van der Waals surface area contributed by atoms with Crippen LogP contribution in [0.5, 0.6) is 0 Å². The zero-order chi connectivity index (χ0) is 18.3. The highest BCUT2D eigenvalue weighted by atomic mass is 35.5. The highest BCUT2D eigenvalue weighted by Gasteiger charge is 2.46. The van der Waals surface area contributed by atoms with E-state index in [1.54, 1.807) is 10.4 Å². The number of alkyl halides is 1. The first-order valence-corrected chi connectivity index (χ1v) is 11.5. The Morgan fingerprint density at radius 2 is 1.96 bits per heavy atom. The molecule has 0 radical (unpaired) electrons. The van der Waals surface area contributed by atoms with Crippen molar-refractivity contribution in [3.8, 4) is 0 Å². The predicted molar refractivity (Wildman–Crippen MR) is 96.7 cm³/mol. The Morgan fingerprint density at radius 3 is 2.58 bits per heavy atom. The molecule has 3 atom stereocenters. The van der Waals surface area contributed by atoms with Gasteiger partial charge in [-0.3, -0.25) is 4.79 Å². The molecular weight excluding hydrogens is 378 g/mol. The maximum atomic E-state index is 12.6. The molecule has 1 N–H and O–H groups in total. The second-order valence-electron chi connectivity index (χ2n) is 7.60. The number of nitrogens with zero attached hydrogens (tertiary/aromatic N) is 2. The number of rotatable bonds is 7. The van der Waals surface area contributed by atoms with Crippen LogP contribution >= 0.6 is 11.6 Å². The van der Waals surface area contributed by atoms with Crippen LogP contribution in [-0.2, 0) is 10.0 Å². The Kier molecular flexibility index (Phi) is 5.00. The van der Waals surface area contributed by atoms with E-state index in [4.69, 9.17) is 16.1 Å². The molecule has 2 saturated heterocycles. The molecule has 1 aromatic rings. The molecule has 1 aromatic heterocycles. The second kappa shape index (κ2) is 7.13. The number of aromatic nitrogens is 1. The lowest BCUT2D eigenvalue weighted by molar-refractivity contribution is 0.0900. The van der Waals surface area contributed by atoms with E-state index in [2.05, 4.69) is 10.5 Å². The maximum Gasteiger partial charge on any atom is 0.273 e. The van der Waals surface area contributed by atoms with Gasteiger partial charge in [-0.2, -0.15) is 4.31 Å². The van der Waals surface area contributed by atoms with Crippen LogP contribution in [-0.4, -0.2) is 53.5 Å². The number of carbonyl (C=O) groups excluding carboxylic acids is 1. The van der Waals surface area contributed by atoms with Gasteiger partial charge in [0.2, 0.25) is 10.0 Å². The van der Waals surface area contributed by atoms with Gasteiger partial charge in [-0.05, 0) is 44.9 Å². The van der Waals surface area contributed by atoms with Crippen LogP contribution in [0.25, 0.3) is 0 Å². The number of halogens is 1. The van der Waals surface area contributed by atoms with Crippen LogP contribution in [0.15, 0.2) is 10.6 Å². The van der Waals surface area contributed by atoms with Gasteiger partial charge < -0.3 is 9.84 Å². The zero-order valence-corrected chi connectivity index (χ0v) is 16.1. The lowest BCUT2D eigenvalue weighted by Gasteiger charge is -2.38. The molecule has 3 heterocycles. The number of fused-ring (bicyclic) bond motifs is 2. The Hall–Kier alpha value is -1.12. The monoisotopic (exact) mass is 401 g/mol. The number of nitrogens with one attached hydrogen (secondary N) is 1. The molecule has 0 spiro atoms. The van der Waals surface area contributed by atoms with Gasteiger partial charge in [0.15, 0.2) is 5.69 Å². The normalized spacial score (nSPS) is 29.0. The number of hydrogen-bond donors (Lipinski definition) is 1. The van der Waals surface area contributed by atoms with Crippen molar-refractivity contribution in [3.63, 3.8) is 0 Å². The van der Waals surface area contributed by atoms with Crippen molar-refractivity contribution in [2.45, 2.75) is 69.0 Å². The summed E-state index contributed by atoms with van der Waals surface area (Å²) >= 11 is 5.65. The van der Waals surface area contributed by atoms with Gasteiger partial charge >= 0.3 is 0 Å². The fraction of sp³-hybridized carbons (Fsp3) is 0.765. The standard InChI is InChI=1S/C17H24ClN3O4S/c18-6-1-7-26(23,24)21-13-4-5-14(21)9-12(8-13)19-17(22)15-10-16(25-20-15)11-2-3-11/h10-14H,1-9H2,(H,19,22)/t12-,13+,14-. The van der Waals surface area contributed by atoms with Crippen molar-refractivity contribution in [2.24, 2.45) is 0 Å². The van der Waals surface area contributed by atoms with Gasteiger partial charge in [0.1, 0.15) is 5.76 Å². The van der Waals surface area contributed by atoms with E-state index >= 15 is 0 Å². The summed E-state index contributed by atoms with van der Waals surface area (Å²) in [7, 11) is -3.28. The van der Waals surface area contributed by atoms with Crippen LogP contribution in [0.2, 0.25) is 0 Å². The summed E-state index contributed by atoms with van der Waals surface area (Å²) in [6.07, 6.45) is 5.66. The fourth-order valence-corrected chi connectivity index (χ4v) is 6.57. The number of carbonyl (C=O) groups is 1. The minimum Gasteiger partial charge on any atom is -0.360 e. The summed E-state index contributed by atoms with van der Waals surface area (Å²) in [6.45, 7) is 0. The van der Waals surface area contributed by atoms with E-state index in [-0.39, 0.29) is 29.8 Å². The molecule has 26 heavy (non-hydrogen) atoms. The lowest BCUT2D eigenvalue weighted by Crippen LogP contribution is -2.52. The molecule has 3 aliphatic rings. The van der Waals surface area contributed by atoms with Crippen LogP contribution in [0.3, 0.4) is 0 Å². The van der Waals surface area contributed by atoms with Crippen LogP contribution in [0.1, 0.15) is 67.1 Å². The van der Waals surface area contributed by atoms with Gasteiger partial charge in [0.25, 0.3) is 5.91 Å². The molecule has 1 aliphatic carbocycles. The molecule has 0 aromatic carbocycles. The summed E-state index contributed by atoms with van der Waals surface area (Å²) in [6, 6.07) is 1.64. The highest BCUT2D eigenvalue weighted by Crippen LogP contribution is 2.40. The average molecular weight is 402 g/mol. The number of amides is 1. The highest BCUT2D eigenvalue weighted by molar-refractivity contribution is 7.89. The Morgan fingerprint density at radius 1 is 1.27 bits per heavy atom. The average Bonchev–Trinajstić information content (AvgIpc) is 3.26. The van der Waals surface area contributed by atoms with E-state index in [0.29, 0.717) is 36.8 Å². The molecule has 9 heteroatoms. The largest absolute Gasteiger partial charge is 0.360 e. The summed E-state index contributed by atoms with van der Waals surface area (Å²) in [5, 5.41) is 6.90. The third-order valence-corrected chi connectivity index (χ3v) is 7.91. The first kappa shape index (κ1) is 18.3. The first-order chi connectivity index (χ1) is 12.5. The van der Waals surface area contributed by atoms with E-state index in [0.717, 1.165) is 31.4 Å². The lowest BCUT2D eigenvalue weighted by atomic mass is 9.99. The summed E-state index contributed by atoms with van der Waals surface area (Å²) < 4.78 is 32.1. The SMILES string of the molecule is O=C(N[C@H]1C[C@H]2CC[C@@H](C1)N2S(=O)(=O)CCCCl)c1cc(C2CC2)on1. The van der Waals surface area contributed by atoms with Crippen molar-refractivity contribution >= 4 is 27.5 Å². The van der Waals surface area contributed by atoms with E-state index < -0.39 is 10.0 Å². The Labute approximate surface area is 158 Å². The predicted octanol–water partition coefficient (Wildman–Crippen LogP) is 2.24. The molecule has 3 fully saturated rings. The third kappa shape index (κ3) is 3.64. The van der Waals surface area contributed by atoms with Gasteiger partial charge in [-0.15, -0.1) is 11.6 Å². The Balaban J connectivity index is 1.38. The van der Waals surface area contributed by atoms with Crippen LogP contribution in [0.4, 0.5) is 0 Å². The fourth-order valence-electron chi connectivity index (χ4n) is 4.26. The van der Waals surface area contributed by atoms with Gasteiger partial charge in [-0.25, -0.2) is 8.42 Å². The first-order valence-electron chi connectivity index (χ1n) is 9.32. The van der Waals surface area contributed by atoms with Crippen LogP contribution < -0.4 is 5.32 Å². The number of sulfonamides is 1. The zero-order valence-electron chi connectivity index (χ0n) is 14.6. The quantitative estimate of drug-likeness (QED) is 0.707. The number of hydrogen-bond acceptors (Lipinski definition) is 5. The molecule has 1 saturated carbocycles. The molecule has 4 rings (SSSR count). The van der Waals surface area contributed by atoms with E-state index in [1.165, 1.54) is 0 Å². The van der Waals surface area contributed by atoms with Crippen molar-refractivity contribution in [2.75, 3.05) is 11.6 Å². The van der Waals surface area contributed by atoms with Gasteiger partial charge in [0.05, 0.1) is 5.75 Å². The minimum absolute atomic E-state index is 0.0273. The summed E-state index contributed by atoms with van der Waals surface area (Å²) in [5.41, 5.74) is 0.316. The molecule has 0 unspecified atom stereocenters. The molecule has 1 amide bonds. The smallest absolute Gasteiger partial charge is 0.273 e. The van der Waals surface area contributed by atoms with Gasteiger partial charge in [-0.1, -0.05) is 5.16 Å². The van der Waals surface area contributed by atoms with Crippen molar-refractivity contribution in [3.05, 3.63) is 17.5 Å². The number of piperidine rings is 1. The van der Waals surface area contributed by atoms with Crippen LogP contribution in [0, 0.1) is 0 Å². The van der Waals surface area contributed by atoms with Crippen molar-refractivity contribution in [1.29, 1.82) is 0 Å². The van der Waals surface area contributed by atoms with E-state index in [1.807, 2.05) is 0 Å². The van der Waals surface area contributed by atoms with Crippen molar-refractivity contribution < 1.29 is 17.7 Å². The van der Waals surface area contributed by atoms with Crippen molar-refractivity contribution in [1.82, 2.24) is 14.8 Å². The van der Waals surface area contributed by atoms with Gasteiger partial charge in [0, 0.05) is 36.0 Å². The maximum absolute atomic E-state index is 12.6. The third-order valence-electron chi connectivity index (χ3n) is 5.60. The molecule has 2 bridgehead atoms. The molecular formula is C17H24ClN3O4S.